The molecule has 1 aromatic carbocycles. The quantitative estimate of drug-likeness (QED) is 0.620. The summed E-state index contributed by atoms with van der Waals surface area (Å²) >= 11 is 0. The number of nitrogens with zero attached hydrogens (tertiary/aromatic N) is 3. The van der Waals surface area contributed by atoms with Gasteiger partial charge in [0.2, 0.25) is 0 Å². The van der Waals surface area contributed by atoms with Gasteiger partial charge in [0.25, 0.3) is 0 Å². The van der Waals surface area contributed by atoms with Crippen LogP contribution in [0.25, 0.3) is 0 Å². The molecule has 1 aromatic rings. The second-order valence-corrected chi connectivity index (χ2v) is 5.95. The molecule has 0 radical (unpaired) electrons. The molecule has 2 N–H and O–H groups in total. The van der Waals surface area contributed by atoms with Gasteiger partial charge in [-0.3, -0.25) is 0 Å². The third kappa shape index (κ3) is 3.88. The Hall–Kier alpha value is -1.71. The summed E-state index contributed by atoms with van der Waals surface area (Å²) < 4.78 is 0. The summed E-state index contributed by atoms with van der Waals surface area (Å²) in [6.07, 6.45) is 0. The molecule has 0 unspecified atom stereocenters. The van der Waals surface area contributed by atoms with Gasteiger partial charge in [-0.15, -0.1) is 0 Å². The lowest BCUT2D eigenvalue weighted by atomic mass is 10.1. The Morgan fingerprint density at radius 3 is 2.16 bits per heavy atom. The molecular weight excluding hydrogens is 236 g/mol. The molecule has 2 rings (SSSR count). The first-order valence-corrected chi connectivity index (χ1v) is 6.86. The van der Waals surface area contributed by atoms with E-state index in [4.69, 9.17) is 5.73 Å². The number of guanidine groups is 1. The number of hydrogen-bond acceptors (Lipinski definition) is 2. The second-order valence-electron chi connectivity index (χ2n) is 5.95. The number of hydrogen-bond donors (Lipinski definition) is 1. The first kappa shape index (κ1) is 13.7. The Labute approximate surface area is 115 Å². The van der Waals surface area contributed by atoms with E-state index < -0.39 is 0 Å². The number of nitrogens with two attached hydrogens (primary N) is 1. The molecule has 4 heteroatoms. The van der Waals surface area contributed by atoms with Gasteiger partial charge in [0.1, 0.15) is 0 Å². The molecule has 0 aromatic heterocycles. The lowest BCUT2D eigenvalue weighted by molar-refractivity contribution is 0.375. The van der Waals surface area contributed by atoms with Crippen LogP contribution in [-0.4, -0.2) is 42.6 Å². The van der Waals surface area contributed by atoms with Crippen LogP contribution in [0.5, 0.6) is 0 Å². The molecule has 0 saturated carbocycles. The number of benzene rings is 1. The summed E-state index contributed by atoms with van der Waals surface area (Å²) in [5, 5.41) is 0. The fraction of sp³-hybridized carbons (Fsp3) is 0.533. The van der Waals surface area contributed by atoms with Crippen molar-refractivity contribution in [1.29, 1.82) is 0 Å². The molecule has 1 saturated heterocycles. The third-order valence-corrected chi connectivity index (χ3v) is 3.17. The highest BCUT2D eigenvalue weighted by molar-refractivity contribution is 5.78. The van der Waals surface area contributed by atoms with E-state index >= 15 is 0 Å². The van der Waals surface area contributed by atoms with E-state index in [1.54, 1.807) is 0 Å². The van der Waals surface area contributed by atoms with E-state index in [9.17, 15) is 0 Å². The van der Waals surface area contributed by atoms with Crippen molar-refractivity contribution in [3.05, 3.63) is 30.3 Å². The van der Waals surface area contributed by atoms with E-state index in [2.05, 4.69) is 59.8 Å². The van der Waals surface area contributed by atoms with Crippen LogP contribution < -0.4 is 10.6 Å². The molecule has 19 heavy (non-hydrogen) atoms. The molecule has 0 amide bonds. The molecule has 0 bridgehead atoms. The molecular formula is C15H24N4. The highest BCUT2D eigenvalue weighted by Crippen LogP contribution is 2.16. The molecule has 0 atom stereocenters. The van der Waals surface area contributed by atoms with Crippen LogP contribution >= 0.6 is 0 Å². The highest BCUT2D eigenvalue weighted by atomic mass is 15.3. The Balaban J connectivity index is 1.95. The third-order valence-electron chi connectivity index (χ3n) is 3.17. The van der Waals surface area contributed by atoms with Gasteiger partial charge in [-0.25, -0.2) is 4.99 Å². The first-order valence-electron chi connectivity index (χ1n) is 6.86. The van der Waals surface area contributed by atoms with Crippen LogP contribution in [0.4, 0.5) is 5.69 Å². The minimum absolute atomic E-state index is 0.110. The van der Waals surface area contributed by atoms with Crippen molar-refractivity contribution in [1.82, 2.24) is 4.90 Å². The molecule has 1 heterocycles. The van der Waals surface area contributed by atoms with Gasteiger partial charge in [0, 0.05) is 31.9 Å². The summed E-state index contributed by atoms with van der Waals surface area (Å²) in [5.74, 6) is 0.667. The Bertz CT molecular complexity index is 425. The smallest absolute Gasteiger partial charge is 0.191 e. The van der Waals surface area contributed by atoms with Gasteiger partial charge in [0.15, 0.2) is 5.96 Å². The second kappa shape index (κ2) is 5.51. The summed E-state index contributed by atoms with van der Waals surface area (Å²) in [4.78, 5) is 9.09. The number of piperazine rings is 1. The first-order chi connectivity index (χ1) is 8.96. The average Bonchev–Trinajstić information content (AvgIpc) is 2.38. The fourth-order valence-electron chi connectivity index (χ4n) is 2.25. The van der Waals surface area contributed by atoms with Crippen molar-refractivity contribution in [2.45, 2.75) is 26.3 Å². The van der Waals surface area contributed by atoms with Gasteiger partial charge in [-0.1, -0.05) is 18.2 Å². The van der Waals surface area contributed by atoms with Crippen molar-refractivity contribution in [3.8, 4) is 0 Å². The lowest BCUT2D eigenvalue weighted by Crippen LogP contribution is -2.51. The predicted octanol–water partition coefficient (Wildman–Crippen LogP) is 1.92. The standard InChI is InChI=1S/C15H24N4/c1-15(2,3)17-14(16)19-11-9-18(10-12-19)13-7-5-4-6-8-13/h4-8H,9-12H2,1-3H3,(H2,16,17). The topological polar surface area (TPSA) is 44.9 Å². The normalized spacial score (nSPS) is 17.7. The largest absolute Gasteiger partial charge is 0.370 e. The van der Waals surface area contributed by atoms with Gasteiger partial charge in [-0.05, 0) is 32.9 Å². The summed E-state index contributed by atoms with van der Waals surface area (Å²) in [7, 11) is 0. The van der Waals surface area contributed by atoms with Crippen LogP contribution in [0.15, 0.2) is 35.3 Å². The molecule has 104 valence electrons. The maximum atomic E-state index is 6.08. The van der Waals surface area contributed by atoms with Gasteiger partial charge >= 0.3 is 0 Å². The molecule has 4 nitrogen and oxygen atoms in total. The minimum Gasteiger partial charge on any atom is -0.370 e. The number of anilines is 1. The molecule has 0 spiro atoms. The predicted molar refractivity (Wildman–Crippen MR) is 81.6 cm³/mol. The maximum Gasteiger partial charge on any atom is 0.191 e. The van der Waals surface area contributed by atoms with Crippen LogP contribution in [-0.2, 0) is 0 Å². The lowest BCUT2D eigenvalue weighted by Gasteiger charge is -2.37. The zero-order valence-electron chi connectivity index (χ0n) is 12.1. The Morgan fingerprint density at radius 2 is 1.63 bits per heavy atom. The maximum absolute atomic E-state index is 6.08. The zero-order valence-corrected chi connectivity index (χ0v) is 12.1. The van der Waals surface area contributed by atoms with Crippen LogP contribution in [0.2, 0.25) is 0 Å². The number of rotatable bonds is 1. The van der Waals surface area contributed by atoms with E-state index in [1.165, 1.54) is 5.69 Å². The van der Waals surface area contributed by atoms with Gasteiger partial charge < -0.3 is 15.5 Å². The van der Waals surface area contributed by atoms with Gasteiger partial charge in [0.05, 0.1) is 5.54 Å². The van der Waals surface area contributed by atoms with Crippen molar-refractivity contribution in [2.24, 2.45) is 10.7 Å². The molecule has 1 fully saturated rings. The van der Waals surface area contributed by atoms with E-state index in [-0.39, 0.29) is 5.54 Å². The summed E-state index contributed by atoms with van der Waals surface area (Å²) in [6.45, 7) is 10.1. The SMILES string of the molecule is CC(C)(C)N=C(N)N1CCN(c2ccccc2)CC1. The van der Waals surface area contributed by atoms with Crippen molar-refractivity contribution in [2.75, 3.05) is 31.1 Å². The molecule has 1 aliphatic heterocycles. The molecule has 1 aliphatic rings. The van der Waals surface area contributed by atoms with Crippen molar-refractivity contribution >= 4 is 11.6 Å². The summed E-state index contributed by atoms with van der Waals surface area (Å²) in [6, 6.07) is 10.5. The fourth-order valence-corrected chi connectivity index (χ4v) is 2.25. The van der Waals surface area contributed by atoms with Crippen molar-refractivity contribution < 1.29 is 0 Å². The minimum atomic E-state index is -0.110. The Kier molecular flexibility index (Phi) is 3.98. The highest BCUT2D eigenvalue weighted by Gasteiger charge is 2.19. The van der Waals surface area contributed by atoms with Crippen molar-refractivity contribution in [3.63, 3.8) is 0 Å². The van der Waals surface area contributed by atoms with Crippen LogP contribution in [0.1, 0.15) is 20.8 Å². The average molecular weight is 260 g/mol. The molecule has 0 aliphatic carbocycles. The van der Waals surface area contributed by atoms with Crippen LogP contribution in [0, 0.1) is 0 Å². The summed E-state index contributed by atoms with van der Waals surface area (Å²) in [5.41, 5.74) is 7.25. The van der Waals surface area contributed by atoms with E-state index in [1.807, 2.05) is 6.07 Å². The van der Waals surface area contributed by atoms with E-state index in [0.29, 0.717) is 5.96 Å². The number of aliphatic imine (C=N–C) groups is 1. The monoisotopic (exact) mass is 260 g/mol. The zero-order chi connectivity index (χ0) is 13.9. The number of para-hydroxylation sites is 1. The van der Waals surface area contributed by atoms with Gasteiger partial charge in [-0.2, -0.15) is 0 Å². The van der Waals surface area contributed by atoms with Crippen LogP contribution in [0.3, 0.4) is 0 Å². The van der Waals surface area contributed by atoms with E-state index in [0.717, 1.165) is 26.2 Å². The Morgan fingerprint density at radius 1 is 1.05 bits per heavy atom.